The summed E-state index contributed by atoms with van der Waals surface area (Å²) in [6, 6.07) is 18.3. The van der Waals surface area contributed by atoms with Gasteiger partial charge in [0.2, 0.25) is 0 Å². The van der Waals surface area contributed by atoms with Crippen LogP contribution in [0.3, 0.4) is 0 Å². The van der Waals surface area contributed by atoms with Crippen LogP contribution in [0.25, 0.3) is 10.1 Å². The first kappa shape index (κ1) is 20.5. The SMILES string of the molecule is CCCC1CCC(c2ccc(CCc3cc4ccc(OCC)cc4s3)cc2)CC1. The van der Waals surface area contributed by atoms with E-state index in [0.717, 1.165) is 37.0 Å². The second kappa shape index (κ2) is 9.80. The molecular formula is C27H34OS. The van der Waals surface area contributed by atoms with Crippen molar-refractivity contribution in [3.8, 4) is 5.75 Å². The zero-order valence-corrected chi connectivity index (χ0v) is 18.8. The van der Waals surface area contributed by atoms with Gasteiger partial charge >= 0.3 is 0 Å². The first-order valence-electron chi connectivity index (χ1n) is 11.5. The fraction of sp³-hybridized carbons (Fsp3) is 0.481. The van der Waals surface area contributed by atoms with Gasteiger partial charge in [0.25, 0.3) is 0 Å². The van der Waals surface area contributed by atoms with Crippen molar-refractivity contribution in [1.29, 1.82) is 0 Å². The third-order valence-corrected chi connectivity index (χ3v) is 7.67. The Morgan fingerprint density at radius 1 is 0.897 bits per heavy atom. The lowest BCUT2D eigenvalue weighted by Crippen LogP contribution is -2.13. The van der Waals surface area contributed by atoms with Crippen molar-refractivity contribution in [3.05, 3.63) is 64.5 Å². The van der Waals surface area contributed by atoms with Crippen molar-refractivity contribution in [2.24, 2.45) is 5.92 Å². The van der Waals surface area contributed by atoms with Gasteiger partial charge in [0, 0.05) is 9.58 Å². The van der Waals surface area contributed by atoms with Gasteiger partial charge in [0.15, 0.2) is 0 Å². The van der Waals surface area contributed by atoms with Gasteiger partial charge in [-0.1, -0.05) is 44.0 Å². The molecule has 1 aliphatic rings. The summed E-state index contributed by atoms with van der Waals surface area (Å²) < 4.78 is 6.97. The number of fused-ring (bicyclic) bond motifs is 1. The molecular weight excluding hydrogens is 372 g/mol. The molecule has 0 aliphatic heterocycles. The summed E-state index contributed by atoms with van der Waals surface area (Å²) in [6.07, 6.45) is 10.6. The van der Waals surface area contributed by atoms with Gasteiger partial charge in [-0.2, -0.15) is 0 Å². The Labute approximate surface area is 180 Å². The molecule has 0 atom stereocenters. The van der Waals surface area contributed by atoms with Crippen molar-refractivity contribution < 1.29 is 4.74 Å². The molecule has 2 aromatic carbocycles. The van der Waals surface area contributed by atoms with Gasteiger partial charge in [-0.3, -0.25) is 0 Å². The average molecular weight is 407 g/mol. The van der Waals surface area contributed by atoms with Crippen LogP contribution in [0.2, 0.25) is 0 Å². The lowest BCUT2D eigenvalue weighted by Gasteiger charge is -2.28. The Bertz CT molecular complexity index is 900. The molecule has 0 unspecified atom stereocenters. The number of ether oxygens (including phenoxy) is 1. The summed E-state index contributed by atoms with van der Waals surface area (Å²) in [5, 5.41) is 1.34. The summed E-state index contributed by atoms with van der Waals surface area (Å²) in [4.78, 5) is 1.46. The highest BCUT2D eigenvalue weighted by Crippen LogP contribution is 2.37. The van der Waals surface area contributed by atoms with E-state index in [2.05, 4.69) is 55.5 Å². The van der Waals surface area contributed by atoms with Gasteiger partial charge in [-0.05, 0) is 98.1 Å². The molecule has 1 fully saturated rings. The van der Waals surface area contributed by atoms with Crippen LogP contribution in [0.5, 0.6) is 5.75 Å². The summed E-state index contributed by atoms with van der Waals surface area (Å²) in [5.74, 6) is 2.76. The minimum Gasteiger partial charge on any atom is -0.494 e. The minimum atomic E-state index is 0.722. The van der Waals surface area contributed by atoms with Crippen LogP contribution in [0.1, 0.15) is 74.3 Å². The summed E-state index contributed by atoms with van der Waals surface area (Å²) in [6.45, 7) is 5.08. The Morgan fingerprint density at radius 2 is 1.69 bits per heavy atom. The maximum absolute atomic E-state index is 5.64. The van der Waals surface area contributed by atoms with E-state index < -0.39 is 0 Å². The van der Waals surface area contributed by atoms with Crippen molar-refractivity contribution in [2.75, 3.05) is 6.61 Å². The number of hydrogen-bond donors (Lipinski definition) is 0. The number of benzene rings is 2. The molecule has 0 spiro atoms. The predicted octanol–water partition coefficient (Wildman–Crippen LogP) is 8.16. The highest BCUT2D eigenvalue weighted by Gasteiger charge is 2.21. The van der Waals surface area contributed by atoms with E-state index in [1.165, 1.54) is 59.1 Å². The van der Waals surface area contributed by atoms with Crippen LogP contribution in [-0.4, -0.2) is 6.61 Å². The maximum atomic E-state index is 5.64. The normalized spacial score (nSPS) is 19.5. The summed E-state index contributed by atoms with van der Waals surface area (Å²) >= 11 is 1.91. The fourth-order valence-electron chi connectivity index (χ4n) is 4.86. The molecule has 0 bridgehead atoms. The minimum absolute atomic E-state index is 0.722. The Hall–Kier alpha value is -1.80. The fourth-order valence-corrected chi connectivity index (χ4v) is 5.96. The van der Waals surface area contributed by atoms with Crippen LogP contribution >= 0.6 is 11.3 Å². The second-order valence-corrected chi connectivity index (χ2v) is 9.76. The van der Waals surface area contributed by atoms with Gasteiger partial charge < -0.3 is 4.74 Å². The number of aryl methyl sites for hydroxylation is 2. The molecule has 1 nitrogen and oxygen atoms in total. The van der Waals surface area contributed by atoms with Gasteiger partial charge in [0.1, 0.15) is 5.75 Å². The molecule has 4 rings (SSSR count). The van der Waals surface area contributed by atoms with E-state index in [-0.39, 0.29) is 0 Å². The van der Waals surface area contributed by atoms with Crippen molar-refractivity contribution >= 4 is 21.4 Å². The van der Waals surface area contributed by atoms with Crippen LogP contribution in [0.4, 0.5) is 0 Å². The lowest BCUT2D eigenvalue weighted by atomic mass is 9.77. The first-order chi connectivity index (χ1) is 14.2. The molecule has 0 N–H and O–H groups in total. The van der Waals surface area contributed by atoms with E-state index in [1.807, 2.05) is 18.3 Å². The molecule has 1 aromatic heterocycles. The smallest absolute Gasteiger partial charge is 0.120 e. The molecule has 1 heterocycles. The molecule has 3 aromatic rings. The molecule has 0 saturated heterocycles. The molecule has 0 radical (unpaired) electrons. The maximum Gasteiger partial charge on any atom is 0.120 e. The molecule has 2 heteroatoms. The molecule has 1 aliphatic carbocycles. The van der Waals surface area contributed by atoms with Crippen molar-refractivity contribution in [1.82, 2.24) is 0 Å². The van der Waals surface area contributed by atoms with Crippen LogP contribution < -0.4 is 4.74 Å². The Kier molecular flexibility index (Phi) is 6.92. The number of hydrogen-bond acceptors (Lipinski definition) is 2. The van der Waals surface area contributed by atoms with E-state index in [0.29, 0.717) is 0 Å². The largest absolute Gasteiger partial charge is 0.494 e. The highest BCUT2D eigenvalue weighted by atomic mass is 32.1. The van der Waals surface area contributed by atoms with Crippen molar-refractivity contribution in [2.45, 2.75) is 71.1 Å². The van der Waals surface area contributed by atoms with E-state index in [1.54, 1.807) is 5.56 Å². The average Bonchev–Trinajstić information content (AvgIpc) is 3.16. The monoisotopic (exact) mass is 406 g/mol. The summed E-state index contributed by atoms with van der Waals surface area (Å²) in [7, 11) is 0. The third-order valence-electron chi connectivity index (χ3n) is 6.51. The summed E-state index contributed by atoms with van der Waals surface area (Å²) in [5.41, 5.74) is 3.02. The van der Waals surface area contributed by atoms with Crippen LogP contribution in [0, 0.1) is 5.92 Å². The predicted molar refractivity (Wildman–Crippen MR) is 126 cm³/mol. The molecule has 154 valence electrons. The van der Waals surface area contributed by atoms with Crippen LogP contribution in [-0.2, 0) is 12.8 Å². The number of thiophene rings is 1. The standard InChI is InChI=1S/C27H34OS/c1-3-5-20-6-11-22(12-7-20)23-13-8-21(9-14-23)10-17-26-18-24-15-16-25(28-4-2)19-27(24)29-26/h8-9,13-16,18-20,22H,3-7,10-12,17H2,1-2H3. The Morgan fingerprint density at radius 3 is 2.41 bits per heavy atom. The van der Waals surface area contributed by atoms with E-state index in [9.17, 15) is 0 Å². The second-order valence-electron chi connectivity index (χ2n) is 8.59. The number of rotatable bonds is 8. The van der Waals surface area contributed by atoms with E-state index >= 15 is 0 Å². The van der Waals surface area contributed by atoms with Gasteiger partial charge in [-0.15, -0.1) is 11.3 Å². The Balaban J connectivity index is 1.33. The van der Waals surface area contributed by atoms with Gasteiger partial charge in [-0.25, -0.2) is 0 Å². The first-order valence-corrected chi connectivity index (χ1v) is 12.3. The molecule has 29 heavy (non-hydrogen) atoms. The topological polar surface area (TPSA) is 9.23 Å². The van der Waals surface area contributed by atoms with Crippen molar-refractivity contribution in [3.63, 3.8) is 0 Å². The van der Waals surface area contributed by atoms with Gasteiger partial charge in [0.05, 0.1) is 6.61 Å². The zero-order valence-electron chi connectivity index (χ0n) is 18.0. The highest BCUT2D eigenvalue weighted by molar-refractivity contribution is 7.19. The van der Waals surface area contributed by atoms with Crippen LogP contribution in [0.15, 0.2) is 48.5 Å². The van der Waals surface area contributed by atoms with E-state index in [4.69, 9.17) is 4.74 Å². The third kappa shape index (κ3) is 5.22. The molecule has 0 amide bonds. The lowest BCUT2D eigenvalue weighted by molar-refractivity contribution is 0.308. The quantitative estimate of drug-likeness (QED) is 0.366. The molecule has 1 saturated carbocycles. The zero-order chi connectivity index (χ0) is 20.1.